The Hall–Kier alpha value is -1.98. The summed E-state index contributed by atoms with van der Waals surface area (Å²) in [6.45, 7) is 0. The van der Waals surface area contributed by atoms with Gasteiger partial charge >= 0.3 is 12.4 Å². The molecule has 5 nitrogen and oxygen atoms in total. The van der Waals surface area contributed by atoms with Crippen molar-refractivity contribution in [2.45, 2.75) is 18.5 Å². The molecule has 0 aromatic heterocycles. The fraction of sp³-hybridized carbons (Fsp3) is 0.231. The zero-order chi connectivity index (χ0) is 19.4. The van der Waals surface area contributed by atoms with E-state index in [1.165, 1.54) is 18.2 Å². The van der Waals surface area contributed by atoms with Crippen molar-refractivity contribution in [3.63, 3.8) is 0 Å². The third kappa shape index (κ3) is 3.33. The highest BCUT2D eigenvalue weighted by Crippen LogP contribution is 2.37. The largest absolute Gasteiger partial charge is 0.451 e. The van der Waals surface area contributed by atoms with Crippen LogP contribution in [0.2, 0.25) is 10.0 Å². The van der Waals surface area contributed by atoms with Crippen LogP contribution in [0.4, 0.5) is 32.0 Å². The fourth-order valence-corrected chi connectivity index (χ4v) is 2.93. The Labute approximate surface area is 151 Å². The number of amidine groups is 1. The summed E-state index contributed by atoms with van der Waals surface area (Å²) in [7, 11) is 0. The molecule has 1 aromatic rings. The monoisotopic (exact) mass is 417 g/mol. The van der Waals surface area contributed by atoms with Crippen molar-refractivity contribution in [1.82, 2.24) is 5.43 Å². The van der Waals surface area contributed by atoms with Crippen molar-refractivity contribution in [3.8, 4) is 0 Å². The number of alkyl halides is 6. The van der Waals surface area contributed by atoms with E-state index >= 15 is 0 Å². The summed E-state index contributed by atoms with van der Waals surface area (Å²) in [5.41, 5.74) is 5.72. The molecule has 0 bridgehead atoms. The lowest BCUT2D eigenvalue weighted by atomic mass is 10.1. The van der Waals surface area contributed by atoms with E-state index in [4.69, 9.17) is 28.9 Å². The predicted molar refractivity (Wildman–Crippen MR) is 84.1 cm³/mol. The van der Waals surface area contributed by atoms with Crippen molar-refractivity contribution in [1.29, 1.82) is 0 Å². The number of anilines is 1. The smallest absolute Gasteiger partial charge is 0.384 e. The van der Waals surface area contributed by atoms with E-state index in [1.807, 2.05) is 0 Å². The molecule has 0 radical (unpaired) electrons. The molecule has 3 N–H and O–H groups in total. The van der Waals surface area contributed by atoms with Crippen LogP contribution in [-0.4, -0.2) is 30.1 Å². The summed E-state index contributed by atoms with van der Waals surface area (Å²) in [6.07, 6.45) is -12.1. The first-order chi connectivity index (χ1) is 11.9. The molecule has 0 saturated carbocycles. The van der Waals surface area contributed by atoms with Crippen LogP contribution in [0.15, 0.2) is 39.6 Å². The van der Waals surface area contributed by atoms with E-state index in [0.717, 1.165) is 5.01 Å². The number of aliphatic imine (C=N–C) groups is 2. The summed E-state index contributed by atoms with van der Waals surface area (Å²) >= 11 is 11.7. The number of nitrogens with two attached hydrogens (primary N) is 1. The number of fused-ring (bicyclic) bond motifs is 1. The van der Waals surface area contributed by atoms with Crippen molar-refractivity contribution in [3.05, 3.63) is 39.6 Å². The van der Waals surface area contributed by atoms with Crippen LogP contribution in [0, 0.1) is 0 Å². The summed E-state index contributed by atoms with van der Waals surface area (Å²) in [5.74, 6) is -2.43. The molecule has 1 aromatic carbocycles. The average molecular weight is 418 g/mol. The Kier molecular flexibility index (Phi) is 4.36. The average Bonchev–Trinajstić information content (AvgIpc) is 2.81. The molecule has 0 amide bonds. The van der Waals surface area contributed by atoms with Crippen LogP contribution in [0.5, 0.6) is 0 Å². The number of hydrazine groups is 1. The Morgan fingerprint density at radius 3 is 2.08 bits per heavy atom. The minimum atomic E-state index is -5.17. The molecular weight excluding hydrogens is 411 g/mol. The molecule has 0 spiro atoms. The topological polar surface area (TPSA) is 66.0 Å². The van der Waals surface area contributed by atoms with Gasteiger partial charge in [0.05, 0.1) is 11.3 Å². The van der Waals surface area contributed by atoms with Crippen LogP contribution in [-0.2, 0) is 0 Å². The standard InChI is InChI=1S/C13H7Cl2F6N5/c14-4-1-5(15)3-6(2-4)26-9(22)7-8(12(16,17)18)23-11(13(19,20)21)24-10(7)25-26/h1-3,10,25H,22H2. The van der Waals surface area contributed by atoms with Crippen LogP contribution < -0.4 is 16.2 Å². The predicted octanol–water partition coefficient (Wildman–Crippen LogP) is 3.79. The normalized spacial score (nSPS) is 20.9. The molecule has 2 aliphatic rings. The number of hydrogen-bond acceptors (Lipinski definition) is 5. The molecule has 1 atom stereocenters. The zero-order valence-corrected chi connectivity index (χ0v) is 13.8. The molecule has 0 fully saturated rings. The van der Waals surface area contributed by atoms with Crippen LogP contribution in [0.3, 0.4) is 0 Å². The maximum Gasteiger partial charge on any atom is 0.451 e. The number of nitrogens with zero attached hydrogens (tertiary/aromatic N) is 3. The Morgan fingerprint density at radius 2 is 1.58 bits per heavy atom. The maximum atomic E-state index is 13.2. The lowest BCUT2D eigenvalue weighted by Crippen LogP contribution is -2.43. The van der Waals surface area contributed by atoms with Gasteiger partial charge in [0.2, 0.25) is 5.84 Å². The highest BCUT2D eigenvalue weighted by Gasteiger charge is 2.51. The van der Waals surface area contributed by atoms with E-state index in [9.17, 15) is 26.3 Å². The van der Waals surface area contributed by atoms with E-state index in [0.29, 0.717) is 0 Å². The summed E-state index contributed by atoms with van der Waals surface area (Å²) in [4.78, 5) is 5.84. The number of rotatable bonds is 1. The van der Waals surface area contributed by atoms with Gasteiger partial charge in [-0.05, 0) is 18.2 Å². The molecule has 0 saturated heterocycles. The molecule has 0 aliphatic carbocycles. The van der Waals surface area contributed by atoms with Crippen molar-refractivity contribution < 1.29 is 26.3 Å². The first kappa shape index (κ1) is 18.8. The van der Waals surface area contributed by atoms with Gasteiger partial charge in [0.15, 0.2) is 5.71 Å². The Morgan fingerprint density at radius 1 is 1.00 bits per heavy atom. The van der Waals surface area contributed by atoms with Crippen LogP contribution >= 0.6 is 23.2 Å². The highest BCUT2D eigenvalue weighted by molar-refractivity contribution is 6.35. The SMILES string of the molecule is NC1=C2C(C(F)(F)F)=NC(C(F)(F)F)=NC2NN1c1cc(Cl)cc(Cl)c1. The number of halogens is 8. The number of hydrogen-bond donors (Lipinski definition) is 2. The van der Waals surface area contributed by atoms with Gasteiger partial charge in [0.1, 0.15) is 12.0 Å². The van der Waals surface area contributed by atoms with Crippen molar-refractivity contribution >= 4 is 40.4 Å². The van der Waals surface area contributed by atoms with E-state index in [2.05, 4.69) is 15.4 Å². The summed E-state index contributed by atoms with van der Waals surface area (Å²) < 4.78 is 78.3. The van der Waals surface area contributed by atoms with Crippen molar-refractivity contribution in [2.75, 3.05) is 5.01 Å². The quantitative estimate of drug-likeness (QED) is 0.683. The molecule has 2 heterocycles. The molecule has 1 unspecified atom stereocenters. The lowest BCUT2D eigenvalue weighted by Gasteiger charge is -2.22. The third-order valence-corrected chi connectivity index (χ3v) is 3.83. The zero-order valence-electron chi connectivity index (χ0n) is 12.3. The van der Waals surface area contributed by atoms with Gasteiger partial charge in [-0.1, -0.05) is 23.2 Å². The second-order valence-electron chi connectivity index (χ2n) is 5.20. The van der Waals surface area contributed by atoms with Gasteiger partial charge in [-0.2, -0.15) is 31.8 Å². The highest BCUT2D eigenvalue weighted by atomic mass is 35.5. The van der Waals surface area contributed by atoms with Crippen molar-refractivity contribution in [2.24, 2.45) is 15.7 Å². The van der Waals surface area contributed by atoms with E-state index in [-0.39, 0.29) is 15.7 Å². The molecule has 2 aliphatic heterocycles. The lowest BCUT2D eigenvalue weighted by molar-refractivity contribution is -0.0636. The Balaban J connectivity index is 2.13. The fourth-order valence-electron chi connectivity index (χ4n) is 2.41. The van der Waals surface area contributed by atoms with E-state index < -0.39 is 41.5 Å². The second kappa shape index (κ2) is 6.03. The van der Waals surface area contributed by atoms with Gasteiger partial charge in [-0.3, -0.25) is 5.01 Å². The molecule has 140 valence electrons. The van der Waals surface area contributed by atoms with Gasteiger partial charge in [0, 0.05) is 10.0 Å². The van der Waals surface area contributed by atoms with Crippen LogP contribution in [0.1, 0.15) is 0 Å². The minimum Gasteiger partial charge on any atom is -0.384 e. The minimum absolute atomic E-state index is 0.118. The maximum absolute atomic E-state index is 13.2. The van der Waals surface area contributed by atoms with Gasteiger partial charge in [-0.25, -0.2) is 9.98 Å². The Bertz CT molecular complexity index is 837. The summed E-state index contributed by atoms with van der Waals surface area (Å²) in [5, 5.41) is 1.21. The number of nitrogens with one attached hydrogen (secondary N) is 1. The molecule has 3 rings (SSSR count). The van der Waals surface area contributed by atoms with E-state index in [1.54, 1.807) is 0 Å². The van der Waals surface area contributed by atoms with Crippen LogP contribution in [0.25, 0.3) is 0 Å². The first-order valence-electron chi connectivity index (χ1n) is 6.71. The first-order valence-corrected chi connectivity index (χ1v) is 7.47. The molecule has 26 heavy (non-hydrogen) atoms. The van der Waals surface area contributed by atoms with Gasteiger partial charge in [0.25, 0.3) is 0 Å². The van der Waals surface area contributed by atoms with Gasteiger partial charge < -0.3 is 5.73 Å². The third-order valence-electron chi connectivity index (χ3n) is 3.39. The summed E-state index contributed by atoms with van der Waals surface area (Å²) in [6, 6.07) is 3.98. The second-order valence-corrected chi connectivity index (χ2v) is 6.08. The molecule has 13 heteroatoms. The van der Waals surface area contributed by atoms with Gasteiger partial charge in [-0.15, -0.1) is 0 Å². The number of benzene rings is 1. The molecular formula is C13H7Cl2F6N5.